The molecule has 0 atom stereocenters. The highest BCUT2D eigenvalue weighted by atomic mass is 16.3. The Morgan fingerprint density at radius 2 is 1.69 bits per heavy atom. The minimum Gasteiger partial charge on any atom is -0.508 e. The number of hydrogen-bond donors (Lipinski definition) is 2. The van der Waals surface area contributed by atoms with Gasteiger partial charge in [-0.1, -0.05) is 61.9 Å². The number of para-hydroxylation sites is 1. The van der Waals surface area contributed by atoms with E-state index in [4.69, 9.17) is 0 Å². The van der Waals surface area contributed by atoms with Crippen molar-refractivity contribution in [2.45, 2.75) is 44.6 Å². The second-order valence-electron chi connectivity index (χ2n) is 7.57. The molecule has 2 N–H and O–H groups in total. The lowest BCUT2D eigenvalue weighted by molar-refractivity contribution is 0.154. The van der Waals surface area contributed by atoms with Gasteiger partial charge in [-0.3, -0.25) is 0 Å². The molecule has 1 aliphatic rings. The van der Waals surface area contributed by atoms with Crippen molar-refractivity contribution in [3.63, 3.8) is 0 Å². The summed E-state index contributed by atoms with van der Waals surface area (Å²) in [6.45, 7) is 7.50. The average Bonchev–Trinajstić information content (AvgIpc) is 2.69. The van der Waals surface area contributed by atoms with E-state index in [0.717, 1.165) is 12.1 Å². The van der Waals surface area contributed by atoms with Gasteiger partial charge in [-0.25, -0.2) is 0 Å². The molecule has 0 amide bonds. The van der Waals surface area contributed by atoms with Crippen LogP contribution in [0.5, 0.6) is 5.75 Å². The van der Waals surface area contributed by atoms with Crippen LogP contribution in [0.15, 0.2) is 54.6 Å². The third-order valence-electron chi connectivity index (χ3n) is 5.80. The van der Waals surface area contributed by atoms with Crippen molar-refractivity contribution in [1.29, 1.82) is 0 Å². The quantitative estimate of drug-likeness (QED) is 0.743. The van der Waals surface area contributed by atoms with Crippen molar-refractivity contribution >= 4 is 0 Å². The first-order chi connectivity index (χ1) is 12.7. The van der Waals surface area contributed by atoms with Crippen LogP contribution in [0, 0.1) is 0 Å². The van der Waals surface area contributed by atoms with Gasteiger partial charge in [0, 0.05) is 24.1 Å². The Bertz CT molecular complexity index is 663. The lowest BCUT2D eigenvalue weighted by atomic mass is 9.72. The van der Waals surface area contributed by atoms with E-state index in [0.29, 0.717) is 12.3 Å². The number of unbranched alkanes of at least 4 members (excludes halogenated alkanes) is 1. The largest absolute Gasteiger partial charge is 0.508 e. The molecule has 3 rings (SSSR count). The van der Waals surface area contributed by atoms with E-state index in [1.54, 1.807) is 6.07 Å². The molecule has 140 valence electrons. The maximum Gasteiger partial charge on any atom is 0.120 e. The fourth-order valence-electron chi connectivity index (χ4n) is 4.04. The Labute approximate surface area is 158 Å². The van der Waals surface area contributed by atoms with Gasteiger partial charge in [-0.2, -0.15) is 0 Å². The molecule has 0 aliphatic carbocycles. The molecular formula is C23H32N2O. The van der Waals surface area contributed by atoms with Crippen molar-refractivity contribution in [2.24, 2.45) is 0 Å². The van der Waals surface area contributed by atoms with E-state index in [2.05, 4.69) is 47.5 Å². The van der Waals surface area contributed by atoms with Gasteiger partial charge in [0.25, 0.3) is 0 Å². The first kappa shape index (κ1) is 18.9. The van der Waals surface area contributed by atoms with Crippen LogP contribution in [0.4, 0.5) is 0 Å². The van der Waals surface area contributed by atoms with Gasteiger partial charge in [-0.15, -0.1) is 0 Å². The molecule has 3 heteroatoms. The number of hydrogen-bond acceptors (Lipinski definition) is 3. The molecule has 0 bridgehead atoms. The van der Waals surface area contributed by atoms with E-state index in [1.165, 1.54) is 50.9 Å². The molecule has 2 aromatic rings. The second kappa shape index (κ2) is 9.20. The molecule has 0 aromatic heterocycles. The number of nitrogens with zero attached hydrogens (tertiary/aromatic N) is 1. The summed E-state index contributed by atoms with van der Waals surface area (Å²) in [5.41, 5.74) is 2.60. The van der Waals surface area contributed by atoms with Crippen molar-refractivity contribution in [2.75, 3.05) is 26.2 Å². The Balaban J connectivity index is 1.66. The highest BCUT2D eigenvalue weighted by molar-refractivity contribution is 5.32. The number of piperidine rings is 1. The Morgan fingerprint density at radius 1 is 1.00 bits per heavy atom. The third-order valence-corrected chi connectivity index (χ3v) is 5.80. The number of aromatic hydroxyl groups is 1. The minimum absolute atomic E-state index is 0.189. The number of phenolic OH excluding ortho intramolecular Hbond substituents is 1. The van der Waals surface area contributed by atoms with Crippen LogP contribution in [0.3, 0.4) is 0 Å². The van der Waals surface area contributed by atoms with Crippen LogP contribution in [0.25, 0.3) is 0 Å². The minimum atomic E-state index is 0.189. The standard InChI is InChI=1S/C23H32N2O/c1-2-3-15-25-16-13-23(14-17-25,21-10-5-4-6-11-21)19-24-18-20-9-7-8-12-22(20)26/h4-12,24,26H,2-3,13-19H2,1H3. The molecule has 1 heterocycles. The first-order valence-corrected chi connectivity index (χ1v) is 9.99. The van der Waals surface area contributed by atoms with E-state index in [-0.39, 0.29) is 5.41 Å². The molecule has 0 radical (unpaired) electrons. The van der Waals surface area contributed by atoms with Crippen LogP contribution in [-0.4, -0.2) is 36.2 Å². The van der Waals surface area contributed by atoms with Gasteiger partial charge in [0.2, 0.25) is 0 Å². The smallest absolute Gasteiger partial charge is 0.120 e. The van der Waals surface area contributed by atoms with Gasteiger partial charge in [0.1, 0.15) is 5.75 Å². The maximum absolute atomic E-state index is 10.00. The fourth-order valence-corrected chi connectivity index (χ4v) is 4.04. The zero-order valence-electron chi connectivity index (χ0n) is 16.0. The predicted molar refractivity (Wildman–Crippen MR) is 109 cm³/mol. The molecule has 3 nitrogen and oxygen atoms in total. The van der Waals surface area contributed by atoms with Gasteiger partial charge >= 0.3 is 0 Å². The zero-order valence-corrected chi connectivity index (χ0v) is 16.0. The van der Waals surface area contributed by atoms with Crippen LogP contribution in [0.1, 0.15) is 43.7 Å². The molecule has 0 unspecified atom stereocenters. The zero-order chi connectivity index (χ0) is 18.2. The van der Waals surface area contributed by atoms with Crippen molar-refractivity contribution in [3.05, 3.63) is 65.7 Å². The predicted octanol–water partition coefficient (Wildman–Crippen LogP) is 4.32. The van der Waals surface area contributed by atoms with Crippen molar-refractivity contribution < 1.29 is 5.11 Å². The SMILES string of the molecule is CCCCN1CCC(CNCc2ccccc2O)(c2ccccc2)CC1. The summed E-state index contributed by atoms with van der Waals surface area (Å²) < 4.78 is 0. The lowest BCUT2D eigenvalue weighted by Crippen LogP contribution is -2.48. The number of nitrogens with one attached hydrogen (secondary N) is 1. The monoisotopic (exact) mass is 352 g/mol. The lowest BCUT2D eigenvalue weighted by Gasteiger charge is -2.42. The molecule has 1 saturated heterocycles. The Kier molecular flexibility index (Phi) is 6.70. The number of likely N-dealkylation sites (tertiary alicyclic amines) is 1. The van der Waals surface area contributed by atoms with Gasteiger partial charge in [-0.05, 0) is 50.5 Å². The van der Waals surface area contributed by atoms with Crippen LogP contribution < -0.4 is 5.32 Å². The summed E-state index contributed by atoms with van der Waals surface area (Å²) in [6, 6.07) is 18.6. The van der Waals surface area contributed by atoms with Gasteiger partial charge < -0.3 is 15.3 Å². The molecule has 1 aliphatic heterocycles. The van der Waals surface area contributed by atoms with Crippen molar-refractivity contribution in [3.8, 4) is 5.75 Å². The summed E-state index contributed by atoms with van der Waals surface area (Å²) >= 11 is 0. The fraction of sp³-hybridized carbons (Fsp3) is 0.478. The summed E-state index contributed by atoms with van der Waals surface area (Å²) in [7, 11) is 0. The van der Waals surface area contributed by atoms with Crippen LogP contribution in [-0.2, 0) is 12.0 Å². The highest BCUT2D eigenvalue weighted by Crippen LogP contribution is 2.35. The first-order valence-electron chi connectivity index (χ1n) is 9.99. The topological polar surface area (TPSA) is 35.5 Å². The van der Waals surface area contributed by atoms with Crippen LogP contribution >= 0.6 is 0 Å². The van der Waals surface area contributed by atoms with E-state index < -0.39 is 0 Å². The molecule has 0 saturated carbocycles. The van der Waals surface area contributed by atoms with Gasteiger partial charge in [0.15, 0.2) is 0 Å². The molecular weight excluding hydrogens is 320 g/mol. The van der Waals surface area contributed by atoms with E-state index in [1.807, 2.05) is 18.2 Å². The number of benzene rings is 2. The Hall–Kier alpha value is -1.84. The molecule has 26 heavy (non-hydrogen) atoms. The van der Waals surface area contributed by atoms with Crippen molar-refractivity contribution in [1.82, 2.24) is 10.2 Å². The van der Waals surface area contributed by atoms with E-state index in [9.17, 15) is 5.11 Å². The summed E-state index contributed by atoms with van der Waals surface area (Å²) in [5, 5.41) is 13.6. The normalized spacial score (nSPS) is 17.3. The van der Waals surface area contributed by atoms with Gasteiger partial charge in [0.05, 0.1) is 0 Å². The third kappa shape index (κ3) is 4.66. The average molecular weight is 353 g/mol. The molecule has 0 spiro atoms. The van der Waals surface area contributed by atoms with Crippen LogP contribution in [0.2, 0.25) is 0 Å². The Morgan fingerprint density at radius 3 is 2.38 bits per heavy atom. The number of phenols is 1. The summed E-state index contributed by atoms with van der Waals surface area (Å²) in [4.78, 5) is 2.62. The summed E-state index contributed by atoms with van der Waals surface area (Å²) in [6.07, 6.45) is 4.94. The number of rotatable bonds is 8. The summed E-state index contributed by atoms with van der Waals surface area (Å²) in [5.74, 6) is 0.378. The molecule has 2 aromatic carbocycles. The highest BCUT2D eigenvalue weighted by Gasteiger charge is 2.35. The van der Waals surface area contributed by atoms with E-state index >= 15 is 0 Å². The second-order valence-corrected chi connectivity index (χ2v) is 7.57. The molecule has 1 fully saturated rings. The maximum atomic E-state index is 10.00.